The summed E-state index contributed by atoms with van der Waals surface area (Å²) >= 11 is 0. The minimum absolute atomic E-state index is 0.0193. The molecular formula is C19H30N4O2. The van der Waals surface area contributed by atoms with Crippen molar-refractivity contribution >= 4 is 11.9 Å². The molecule has 1 heterocycles. The highest BCUT2D eigenvalue weighted by Gasteiger charge is 2.29. The van der Waals surface area contributed by atoms with Crippen LogP contribution in [0.3, 0.4) is 0 Å². The van der Waals surface area contributed by atoms with Gasteiger partial charge in [0.1, 0.15) is 0 Å². The van der Waals surface area contributed by atoms with Gasteiger partial charge in [0.05, 0.1) is 0 Å². The van der Waals surface area contributed by atoms with Crippen molar-refractivity contribution in [3.63, 3.8) is 0 Å². The van der Waals surface area contributed by atoms with Gasteiger partial charge in [-0.15, -0.1) is 0 Å². The van der Waals surface area contributed by atoms with Crippen LogP contribution in [0.1, 0.15) is 32.3 Å². The predicted octanol–water partition coefficient (Wildman–Crippen LogP) is 1.80. The summed E-state index contributed by atoms with van der Waals surface area (Å²) in [5, 5.41) is 2.91. The van der Waals surface area contributed by atoms with Gasteiger partial charge in [-0.2, -0.15) is 0 Å². The van der Waals surface area contributed by atoms with E-state index in [2.05, 4.69) is 5.32 Å². The molecule has 138 valence electrons. The molecule has 0 atom stereocenters. The molecule has 6 heteroatoms. The third kappa shape index (κ3) is 6.05. The van der Waals surface area contributed by atoms with Gasteiger partial charge < -0.3 is 20.9 Å². The number of nitrogens with one attached hydrogen (secondary N) is 1. The van der Waals surface area contributed by atoms with Crippen LogP contribution in [0.25, 0.3) is 0 Å². The first kappa shape index (κ1) is 19.2. The Kier molecular flexibility index (Phi) is 6.42. The van der Waals surface area contributed by atoms with E-state index >= 15 is 0 Å². The highest BCUT2D eigenvalue weighted by Crippen LogP contribution is 2.19. The van der Waals surface area contributed by atoms with E-state index in [1.807, 2.05) is 56.1 Å². The molecule has 1 aliphatic rings. The lowest BCUT2D eigenvalue weighted by Crippen LogP contribution is -2.50. The van der Waals surface area contributed by atoms with E-state index in [4.69, 9.17) is 5.73 Å². The van der Waals surface area contributed by atoms with Gasteiger partial charge in [0.25, 0.3) is 0 Å². The lowest BCUT2D eigenvalue weighted by atomic mass is 9.95. The van der Waals surface area contributed by atoms with Gasteiger partial charge in [-0.25, -0.2) is 4.79 Å². The highest BCUT2D eigenvalue weighted by atomic mass is 16.2. The summed E-state index contributed by atoms with van der Waals surface area (Å²) in [5.41, 5.74) is 6.60. The van der Waals surface area contributed by atoms with Crippen molar-refractivity contribution in [1.82, 2.24) is 15.1 Å². The van der Waals surface area contributed by atoms with Gasteiger partial charge in [0.2, 0.25) is 5.91 Å². The van der Waals surface area contributed by atoms with Gasteiger partial charge in [-0.3, -0.25) is 4.79 Å². The Morgan fingerprint density at radius 1 is 1.24 bits per heavy atom. The Labute approximate surface area is 150 Å². The first-order valence-corrected chi connectivity index (χ1v) is 8.87. The van der Waals surface area contributed by atoms with Crippen LogP contribution < -0.4 is 11.1 Å². The number of carbonyl (C=O) groups is 2. The fourth-order valence-corrected chi connectivity index (χ4v) is 2.96. The third-order valence-corrected chi connectivity index (χ3v) is 4.44. The molecule has 0 unspecified atom stereocenters. The molecule has 2 rings (SSSR count). The fourth-order valence-electron chi connectivity index (χ4n) is 2.96. The second kappa shape index (κ2) is 8.34. The average molecular weight is 346 g/mol. The molecule has 1 aliphatic heterocycles. The molecule has 6 nitrogen and oxygen atoms in total. The number of carbonyl (C=O) groups excluding carboxylic acids is 2. The molecule has 3 N–H and O–H groups in total. The summed E-state index contributed by atoms with van der Waals surface area (Å²) in [4.78, 5) is 28.3. The molecule has 0 aliphatic carbocycles. The minimum atomic E-state index is -0.410. The van der Waals surface area contributed by atoms with Crippen molar-refractivity contribution in [2.45, 2.75) is 38.8 Å². The summed E-state index contributed by atoms with van der Waals surface area (Å²) in [6.45, 7) is 6.05. The van der Waals surface area contributed by atoms with Crippen LogP contribution in [-0.2, 0) is 11.3 Å². The summed E-state index contributed by atoms with van der Waals surface area (Å²) < 4.78 is 0. The number of benzene rings is 1. The van der Waals surface area contributed by atoms with Gasteiger partial charge in [-0.1, -0.05) is 30.3 Å². The normalized spacial score (nSPS) is 15.8. The van der Waals surface area contributed by atoms with Crippen molar-refractivity contribution in [1.29, 1.82) is 0 Å². The number of urea groups is 1. The predicted molar refractivity (Wildman–Crippen MR) is 98.9 cm³/mol. The SMILES string of the molecule is CN(Cc1ccccc1)C(=O)N1CCC(C(=O)NCC(C)(C)N)CC1. The van der Waals surface area contributed by atoms with Crippen LogP contribution in [0, 0.1) is 5.92 Å². The zero-order valence-electron chi connectivity index (χ0n) is 15.5. The lowest BCUT2D eigenvalue weighted by molar-refractivity contribution is -0.126. The maximum absolute atomic E-state index is 12.6. The Balaban J connectivity index is 1.79. The Morgan fingerprint density at radius 2 is 1.84 bits per heavy atom. The van der Waals surface area contributed by atoms with E-state index in [9.17, 15) is 9.59 Å². The zero-order chi connectivity index (χ0) is 18.4. The maximum Gasteiger partial charge on any atom is 0.320 e. The van der Waals surface area contributed by atoms with Crippen molar-refractivity contribution < 1.29 is 9.59 Å². The van der Waals surface area contributed by atoms with Crippen LogP contribution in [0.2, 0.25) is 0 Å². The van der Waals surface area contributed by atoms with E-state index in [0.29, 0.717) is 39.0 Å². The average Bonchev–Trinajstić information content (AvgIpc) is 2.59. The number of rotatable bonds is 5. The van der Waals surface area contributed by atoms with Crippen molar-refractivity contribution in [2.75, 3.05) is 26.7 Å². The summed E-state index contributed by atoms with van der Waals surface area (Å²) in [6, 6.07) is 9.96. The fraction of sp³-hybridized carbons (Fsp3) is 0.579. The molecule has 1 fully saturated rings. The summed E-state index contributed by atoms with van der Waals surface area (Å²) in [7, 11) is 1.82. The topological polar surface area (TPSA) is 78.7 Å². The summed E-state index contributed by atoms with van der Waals surface area (Å²) in [6.07, 6.45) is 1.39. The minimum Gasteiger partial charge on any atom is -0.354 e. The van der Waals surface area contributed by atoms with Crippen LogP contribution in [-0.4, -0.2) is 54.0 Å². The number of likely N-dealkylation sites (tertiary alicyclic amines) is 1. The number of piperidine rings is 1. The van der Waals surface area contributed by atoms with Crippen molar-refractivity contribution in [3.8, 4) is 0 Å². The molecule has 0 aromatic heterocycles. The molecule has 0 radical (unpaired) electrons. The number of hydrogen-bond donors (Lipinski definition) is 2. The zero-order valence-corrected chi connectivity index (χ0v) is 15.5. The lowest BCUT2D eigenvalue weighted by Gasteiger charge is -2.34. The second-order valence-electron chi connectivity index (χ2n) is 7.59. The molecule has 25 heavy (non-hydrogen) atoms. The van der Waals surface area contributed by atoms with Gasteiger partial charge in [-0.05, 0) is 32.3 Å². The highest BCUT2D eigenvalue weighted by molar-refractivity contribution is 5.79. The Bertz CT molecular complexity index is 575. The smallest absolute Gasteiger partial charge is 0.320 e. The molecule has 1 aromatic rings. The van der Waals surface area contributed by atoms with Gasteiger partial charge >= 0.3 is 6.03 Å². The van der Waals surface area contributed by atoms with Crippen molar-refractivity contribution in [2.24, 2.45) is 11.7 Å². The first-order valence-electron chi connectivity index (χ1n) is 8.87. The molecule has 1 aromatic carbocycles. The van der Waals surface area contributed by atoms with Crippen LogP contribution in [0.4, 0.5) is 4.79 Å². The molecular weight excluding hydrogens is 316 g/mol. The Morgan fingerprint density at radius 3 is 2.40 bits per heavy atom. The quantitative estimate of drug-likeness (QED) is 0.853. The van der Waals surface area contributed by atoms with E-state index in [1.54, 1.807) is 4.90 Å². The van der Waals surface area contributed by atoms with E-state index < -0.39 is 5.54 Å². The van der Waals surface area contributed by atoms with Gasteiger partial charge in [0, 0.05) is 44.7 Å². The number of nitrogens with zero attached hydrogens (tertiary/aromatic N) is 2. The maximum atomic E-state index is 12.6. The molecule has 1 saturated heterocycles. The molecule has 0 spiro atoms. The Hall–Kier alpha value is -2.08. The van der Waals surface area contributed by atoms with Crippen LogP contribution in [0.15, 0.2) is 30.3 Å². The van der Waals surface area contributed by atoms with E-state index in [-0.39, 0.29) is 17.9 Å². The van der Waals surface area contributed by atoms with Crippen LogP contribution in [0.5, 0.6) is 0 Å². The summed E-state index contributed by atoms with van der Waals surface area (Å²) in [5.74, 6) is 0.00842. The van der Waals surface area contributed by atoms with Gasteiger partial charge in [0.15, 0.2) is 0 Å². The molecule has 0 bridgehead atoms. The molecule has 3 amide bonds. The molecule has 0 saturated carbocycles. The first-order chi connectivity index (χ1) is 11.8. The number of amides is 3. The monoisotopic (exact) mass is 346 g/mol. The second-order valence-corrected chi connectivity index (χ2v) is 7.59. The van der Waals surface area contributed by atoms with Crippen LogP contribution >= 0.6 is 0 Å². The van der Waals surface area contributed by atoms with E-state index in [0.717, 1.165) is 5.56 Å². The standard InChI is InChI=1S/C19H30N4O2/c1-19(2,20)14-21-17(24)16-9-11-23(12-10-16)18(25)22(3)13-15-7-5-4-6-8-15/h4-8,16H,9-14,20H2,1-3H3,(H,21,24). The largest absolute Gasteiger partial charge is 0.354 e. The van der Waals surface area contributed by atoms with E-state index in [1.165, 1.54) is 0 Å². The number of hydrogen-bond acceptors (Lipinski definition) is 3. The third-order valence-electron chi connectivity index (χ3n) is 4.44. The number of nitrogens with two attached hydrogens (primary N) is 1. The van der Waals surface area contributed by atoms with Crippen molar-refractivity contribution in [3.05, 3.63) is 35.9 Å².